The molecular formula is C25H36FN5O4. The third-order valence-corrected chi connectivity index (χ3v) is 7.85. The van der Waals surface area contributed by atoms with Gasteiger partial charge >= 0.3 is 6.09 Å². The zero-order valence-electron chi connectivity index (χ0n) is 20.3. The summed E-state index contributed by atoms with van der Waals surface area (Å²) in [5.41, 5.74) is 0.620. The van der Waals surface area contributed by atoms with Gasteiger partial charge in [-0.15, -0.1) is 0 Å². The van der Waals surface area contributed by atoms with Crippen molar-refractivity contribution in [3.8, 4) is 0 Å². The van der Waals surface area contributed by atoms with Gasteiger partial charge in [-0.2, -0.15) is 0 Å². The number of nitrogens with one attached hydrogen (secondary N) is 2. The molecule has 2 atom stereocenters. The molecule has 10 heteroatoms. The second kappa shape index (κ2) is 10.8. The molecule has 3 saturated heterocycles. The molecular weight excluding hydrogens is 453 g/mol. The summed E-state index contributed by atoms with van der Waals surface area (Å²) in [6, 6.07) is 6.03. The van der Waals surface area contributed by atoms with Crippen molar-refractivity contribution >= 4 is 23.6 Å². The predicted octanol–water partition coefficient (Wildman–Crippen LogP) is 1.88. The molecule has 3 aliphatic rings. The van der Waals surface area contributed by atoms with Crippen LogP contribution in [0, 0.1) is 11.2 Å². The van der Waals surface area contributed by atoms with E-state index in [2.05, 4.69) is 20.4 Å². The van der Waals surface area contributed by atoms with E-state index in [0.717, 1.165) is 51.3 Å². The van der Waals surface area contributed by atoms with Gasteiger partial charge in [0.05, 0.1) is 5.41 Å². The van der Waals surface area contributed by atoms with Gasteiger partial charge in [-0.1, -0.05) is 6.92 Å². The van der Waals surface area contributed by atoms with Gasteiger partial charge in [-0.25, -0.2) is 9.18 Å². The lowest BCUT2D eigenvalue weighted by molar-refractivity contribution is -0.139. The van der Waals surface area contributed by atoms with Gasteiger partial charge in [-0.3, -0.25) is 14.5 Å². The average Bonchev–Trinajstić information content (AvgIpc) is 3.16. The molecule has 3 N–H and O–H groups in total. The first kappa shape index (κ1) is 25.2. The topological polar surface area (TPSA) is 105 Å². The Hall–Kier alpha value is -2.88. The van der Waals surface area contributed by atoms with E-state index in [1.54, 1.807) is 11.8 Å². The van der Waals surface area contributed by atoms with Crippen molar-refractivity contribution in [2.75, 3.05) is 50.7 Å². The van der Waals surface area contributed by atoms with Crippen molar-refractivity contribution in [2.45, 2.75) is 51.1 Å². The van der Waals surface area contributed by atoms with Crippen molar-refractivity contribution in [3.05, 3.63) is 30.1 Å². The molecule has 0 aliphatic carbocycles. The van der Waals surface area contributed by atoms with Gasteiger partial charge in [0.2, 0.25) is 11.8 Å². The molecule has 1 aromatic carbocycles. The summed E-state index contributed by atoms with van der Waals surface area (Å²) in [6.07, 6.45) is 2.10. The van der Waals surface area contributed by atoms with Crippen LogP contribution in [0.2, 0.25) is 0 Å². The van der Waals surface area contributed by atoms with Crippen LogP contribution in [0.4, 0.5) is 14.9 Å². The molecule has 1 unspecified atom stereocenters. The van der Waals surface area contributed by atoms with Gasteiger partial charge in [0.25, 0.3) is 0 Å². The molecule has 0 aromatic heterocycles. The summed E-state index contributed by atoms with van der Waals surface area (Å²) in [6.45, 7) is 7.30. The number of likely N-dealkylation sites (tertiary alicyclic amines) is 1. The van der Waals surface area contributed by atoms with Crippen LogP contribution in [0.5, 0.6) is 0 Å². The number of rotatable bonds is 7. The number of hydrogen-bond donors (Lipinski definition) is 3. The molecule has 0 saturated carbocycles. The number of benzene rings is 1. The first-order valence-corrected chi connectivity index (χ1v) is 12.6. The van der Waals surface area contributed by atoms with Gasteiger partial charge in [0.1, 0.15) is 11.9 Å². The zero-order chi connectivity index (χ0) is 25.0. The van der Waals surface area contributed by atoms with E-state index < -0.39 is 17.6 Å². The van der Waals surface area contributed by atoms with Crippen molar-refractivity contribution < 1.29 is 23.9 Å². The number of piperazine rings is 1. The lowest BCUT2D eigenvalue weighted by atomic mass is 9.75. The minimum atomic E-state index is -1.20. The molecule has 3 heterocycles. The average molecular weight is 490 g/mol. The number of hydrogen-bond acceptors (Lipinski definition) is 5. The molecule has 1 spiro atoms. The SMILES string of the molecule is CCC(NC(=O)O)C(=O)N1CCC2(CC1)C[C@H](CCN1CCN(c3ccc(F)cc3)CC1)NC2=O. The molecule has 0 radical (unpaired) electrons. The van der Waals surface area contributed by atoms with E-state index in [0.29, 0.717) is 32.4 Å². The number of halogens is 1. The highest BCUT2D eigenvalue weighted by Gasteiger charge is 2.49. The number of carboxylic acid groups (broad SMARTS) is 1. The van der Waals surface area contributed by atoms with Gasteiger partial charge < -0.3 is 25.5 Å². The Bertz CT molecular complexity index is 911. The van der Waals surface area contributed by atoms with E-state index in [9.17, 15) is 18.8 Å². The molecule has 0 bridgehead atoms. The maximum Gasteiger partial charge on any atom is 0.405 e. The molecule has 9 nitrogen and oxygen atoms in total. The highest BCUT2D eigenvalue weighted by molar-refractivity contribution is 5.87. The van der Waals surface area contributed by atoms with Crippen LogP contribution < -0.4 is 15.5 Å². The Morgan fingerprint density at radius 1 is 1.14 bits per heavy atom. The van der Waals surface area contributed by atoms with E-state index >= 15 is 0 Å². The van der Waals surface area contributed by atoms with Crippen LogP contribution >= 0.6 is 0 Å². The van der Waals surface area contributed by atoms with Crippen molar-refractivity contribution in [1.82, 2.24) is 20.4 Å². The number of piperidine rings is 1. The standard InChI is InChI=1S/C25H36FN5O4/c1-2-21(28-24(34)35)22(32)31-11-8-25(9-12-31)17-19(27-23(25)33)7-10-29-13-15-30(16-14-29)20-5-3-18(26)4-6-20/h3-6,19,21,28H,2,7-17H2,1H3,(H,27,33)(H,34,35)/t19-,21?/m0/s1. The van der Waals surface area contributed by atoms with Gasteiger partial charge in [-0.05, 0) is 56.4 Å². The number of carbonyl (C=O) groups excluding carboxylic acids is 2. The fourth-order valence-corrected chi connectivity index (χ4v) is 5.64. The molecule has 1 aromatic rings. The quantitative estimate of drug-likeness (QED) is 0.540. The Morgan fingerprint density at radius 2 is 1.80 bits per heavy atom. The molecule has 4 rings (SSSR count). The predicted molar refractivity (Wildman–Crippen MR) is 130 cm³/mol. The Labute approximate surface area is 205 Å². The summed E-state index contributed by atoms with van der Waals surface area (Å²) in [5.74, 6) is -0.340. The first-order chi connectivity index (χ1) is 16.8. The monoisotopic (exact) mass is 489 g/mol. The molecule has 35 heavy (non-hydrogen) atoms. The Kier molecular flexibility index (Phi) is 7.78. The van der Waals surface area contributed by atoms with Crippen LogP contribution in [-0.2, 0) is 9.59 Å². The largest absolute Gasteiger partial charge is 0.465 e. The Balaban J connectivity index is 1.21. The zero-order valence-corrected chi connectivity index (χ0v) is 20.3. The highest BCUT2D eigenvalue weighted by atomic mass is 19.1. The second-order valence-electron chi connectivity index (χ2n) is 9.98. The molecule has 3 aliphatic heterocycles. The lowest BCUT2D eigenvalue weighted by Crippen LogP contribution is -2.52. The highest BCUT2D eigenvalue weighted by Crippen LogP contribution is 2.41. The minimum absolute atomic E-state index is 0.0893. The normalized spacial score (nSPS) is 23.3. The van der Waals surface area contributed by atoms with Crippen LogP contribution in [0.1, 0.15) is 39.0 Å². The van der Waals surface area contributed by atoms with E-state index in [1.165, 1.54) is 12.1 Å². The number of anilines is 1. The number of carbonyl (C=O) groups is 3. The van der Waals surface area contributed by atoms with Crippen LogP contribution in [0.25, 0.3) is 0 Å². The molecule has 3 fully saturated rings. The fraction of sp³-hybridized carbons (Fsp3) is 0.640. The smallest absolute Gasteiger partial charge is 0.405 e. The van der Waals surface area contributed by atoms with Crippen molar-refractivity contribution in [2.24, 2.45) is 5.41 Å². The van der Waals surface area contributed by atoms with Crippen molar-refractivity contribution in [3.63, 3.8) is 0 Å². The second-order valence-corrected chi connectivity index (χ2v) is 9.98. The first-order valence-electron chi connectivity index (χ1n) is 12.6. The van der Waals surface area contributed by atoms with Crippen LogP contribution in [0.15, 0.2) is 24.3 Å². The summed E-state index contributed by atoms with van der Waals surface area (Å²) in [5, 5.41) is 14.4. The van der Waals surface area contributed by atoms with E-state index in [4.69, 9.17) is 5.11 Å². The fourth-order valence-electron chi connectivity index (χ4n) is 5.64. The molecule has 3 amide bonds. The number of nitrogens with zero attached hydrogens (tertiary/aromatic N) is 3. The van der Waals surface area contributed by atoms with E-state index in [-0.39, 0.29) is 23.7 Å². The van der Waals surface area contributed by atoms with E-state index in [1.807, 2.05) is 12.1 Å². The van der Waals surface area contributed by atoms with Crippen LogP contribution in [-0.4, -0.2) is 90.7 Å². The third-order valence-electron chi connectivity index (χ3n) is 7.85. The maximum atomic E-state index is 13.2. The summed E-state index contributed by atoms with van der Waals surface area (Å²) < 4.78 is 13.2. The summed E-state index contributed by atoms with van der Waals surface area (Å²) in [4.78, 5) is 42.9. The van der Waals surface area contributed by atoms with Gasteiger partial charge in [0, 0.05) is 57.5 Å². The van der Waals surface area contributed by atoms with Crippen LogP contribution in [0.3, 0.4) is 0 Å². The van der Waals surface area contributed by atoms with Crippen molar-refractivity contribution in [1.29, 1.82) is 0 Å². The maximum absolute atomic E-state index is 13.2. The lowest BCUT2D eigenvalue weighted by Gasteiger charge is -2.38. The third kappa shape index (κ3) is 5.86. The number of amides is 3. The van der Waals surface area contributed by atoms with Gasteiger partial charge in [0.15, 0.2) is 0 Å². The minimum Gasteiger partial charge on any atom is -0.465 e. The molecule has 192 valence electrons. The summed E-state index contributed by atoms with van der Waals surface area (Å²) >= 11 is 0. The Morgan fingerprint density at radius 3 is 2.40 bits per heavy atom. The summed E-state index contributed by atoms with van der Waals surface area (Å²) in [7, 11) is 0.